The number of benzene rings is 2. The lowest BCUT2D eigenvalue weighted by molar-refractivity contribution is 0.0982. The van der Waals surface area contributed by atoms with Crippen molar-refractivity contribution < 1.29 is 9.53 Å². The van der Waals surface area contributed by atoms with Crippen molar-refractivity contribution in [2.75, 3.05) is 7.11 Å². The molecule has 104 valence electrons. The molecule has 2 nitrogen and oxygen atoms in total. The number of Topliss-reactive ketones (excluding diaryl/α,β-unsaturated/α-hetero) is 1. The number of ketones is 1. The minimum atomic E-state index is -0.0196. The fourth-order valence-corrected chi connectivity index (χ4v) is 2.50. The van der Waals surface area contributed by atoms with Crippen molar-refractivity contribution in [3.05, 3.63) is 63.6 Å². The molecule has 0 N–H and O–H groups in total. The van der Waals surface area contributed by atoms with Crippen LogP contribution in [0.15, 0.2) is 42.5 Å². The van der Waals surface area contributed by atoms with Crippen LogP contribution in [0.1, 0.15) is 22.3 Å². The van der Waals surface area contributed by atoms with Crippen LogP contribution < -0.4 is 4.74 Å². The Morgan fingerprint density at radius 2 is 1.80 bits per heavy atom. The third-order valence-corrected chi connectivity index (χ3v) is 3.63. The monoisotopic (exact) mass is 308 g/mol. The molecule has 0 aliphatic heterocycles. The molecule has 0 saturated carbocycles. The first-order valence-corrected chi connectivity index (χ1v) is 6.97. The third-order valence-electron chi connectivity index (χ3n) is 3.03. The summed E-state index contributed by atoms with van der Waals surface area (Å²) in [6.07, 6.45) is 1.08. The van der Waals surface area contributed by atoms with Gasteiger partial charge in [0, 0.05) is 12.0 Å². The number of hydrogen-bond donors (Lipinski definition) is 0. The second-order valence-corrected chi connectivity index (χ2v) is 5.19. The van der Waals surface area contributed by atoms with Crippen LogP contribution in [0.2, 0.25) is 10.0 Å². The average Bonchev–Trinajstić information content (AvgIpc) is 2.46. The van der Waals surface area contributed by atoms with Crippen LogP contribution >= 0.6 is 23.2 Å². The van der Waals surface area contributed by atoms with Gasteiger partial charge in [-0.3, -0.25) is 4.79 Å². The maximum atomic E-state index is 12.2. The number of carbonyl (C=O) groups excluding carboxylic acids is 1. The van der Waals surface area contributed by atoms with Gasteiger partial charge in [0.25, 0.3) is 0 Å². The lowest BCUT2D eigenvalue weighted by Gasteiger charge is -2.08. The standard InChI is InChI=1S/C16H14Cl2O2/c1-20-16-9-12(13(17)10-14(16)18)15(19)8-7-11-5-3-2-4-6-11/h2-6,9-10H,7-8H2,1H3. The molecule has 0 atom stereocenters. The van der Waals surface area contributed by atoms with Gasteiger partial charge >= 0.3 is 0 Å². The van der Waals surface area contributed by atoms with Crippen LogP contribution in [0.25, 0.3) is 0 Å². The molecule has 0 heterocycles. The predicted octanol–water partition coefficient (Wildman–Crippen LogP) is 4.82. The van der Waals surface area contributed by atoms with Gasteiger partial charge in [0.15, 0.2) is 5.78 Å². The molecular formula is C16H14Cl2O2. The number of methoxy groups -OCH3 is 1. The van der Waals surface area contributed by atoms with Gasteiger partial charge in [0.1, 0.15) is 5.75 Å². The fourth-order valence-electron chi connectivity index (χ4n) is 1.94. The molecule has 0 radical (unpaired) electrons. The SMILES string of the molecule is COc1cc(C(=O)CCc2ccccc2)c(Cl)cc1Cl. The van der Waals surface area contributed by atoms with E-state index in [0.717, 1.165) is 5.56 Å². The van der Waals surface area contributed by atoms with Gasteiger partial charge in [0.05, 0.1) is 17.2 Å². The summed E-state index contributed by atoms with van der Waals surface area (Å²) >= 11 is 12.0. The van der Waals surface area contributed by atoms with E-state index in [-0.39, 0.29) is 5.78 Å². The number of halogens is 2. The highest BCUT2D eigenvalue weighted by Crippen LogP contribution is 2.31. The first-order valence-electron chi connectivity index (χ1n) is 6.22. The number of rotatable bonds is 5. The van der Waals surface area contributed by atoms with Gasteiger partial charge in [-0.05, 0) is 24.1 Å². The molecule has 0 aliphatic carbocycles. The minimum absolute atomic E-state index is 0.0196. The largest absolute Gasteiger partial charge is 0.495 e. The topological polar surface area (TPSA) is 26.3 Å². The highest BCUT2D eigenvalue weighted by Gasteiger charge is 2.14. The van der Waals surface area contributed by atoms with Crippen LogP contribution in [0.5, 0.6) is 5.75 Å². The van der Waals surface area contributed by atoms with Crippen molar-refractivity contribution in [1.82, 2.24) is 0 Å². The van der Waals surface area contributed by atoms with Crippen LogP contribution in [0, 0.1) is 0 Å². The molecule has 2 aromatic carbocycles. The summed E-state index contributed by atoms with van der Waals surface area (Å²) in [6, 6.07) is 13.0. The summed E-state index contributed by atoms with van der Waals surface area (Å²) in [5.41, 5.74) is 1.57. The summed E-state index contributed by atoms with van der Waals surface area (Å²) in [5.74, 6) is 0.438. The van der Waals surface area contributed by atoms with Crippen LogP contribution in [-0.4, -0.2) is 12.9 Å². The zero-order valence-electron chi connectivity index (χ0n) is 11.0. The van der Waals surface area contributed by atoms with Gasteiger partial charge in [-0.2, -0.15) is 0 Å². The minimum Gasteiger partial charge on any atom is -0.495 e. The molecule has 0 spiro atoms. The lowest BCUT2D eigenvalue weighted by atomic mass is 10.0. The Kier molecular flexibility index (Phi) is 5.05. The fraction of sp³-hybridized carbons (Fsp3) is 0.188. The van der Waals surface area contributed by atoms with Crippen molar-refractivity contribution in [1.29, 1.82) is 0 Å². The van der Waals surface area contributed by atoms with Gasteiger partial charge in [-0.1, -0.05) is 53.5 Å². The van der Waals surface area contributed by atoms with E-state index in [2.05, 4.69) is 0 Å². The van der Waals surface area contributed by atoms with Crippen molar-refractivity contribution >= 4 is 29.0 Å². The first kappa shape index (κ1) is 14.9. The average molecular weight is 309 g/mol. The summed E-state index contributed by atoms with van der Waals surface area (Å²) in [7, 11) is 1.51. The molecule has 0 unspecified atom stereocenters. The second kappa shape index (κ2) is 6.78. The van der Waals surface area contributed by atoms with Gasteiger partial charge < -0.3 is 4.74 Å². The zero-order chi connectivity index (χ0) is 14.5. The molecule has 0 amide bonds. The summed E-state index contributed by atoms with van der Waals surface area (Å²) in [6.45, 7) is 0. The van der Waals surface area contributed by atoms with E-state index in [9.17, 15) is 4.79 Å². The predicted molar refractivity (Wildman–Crippen MR) is 82.1 cm³/mol. The Labute approximate surface area is 128 Å². The summed E-state index contributed by atoms with van der Waals surface area (Å²) in [4.78, 5) is 12.2. The molecule has 0 bridgehead atoms. The number of hydrogen-bond acceptors (Lipinski definition) is 2. The lowest BCUT2D eigenvalue weighted by Crippen LogP contribution is -2.03. The smallest absolute Gasteiger partial charge is 0.164 e. The van der Waals surface area contributed by atoms with Gasteiger partial charge in [-0.25, -0.2) is 0 Å². The molecule has 0 fully saturated rings. The van der Waals surface area contributed by atoms with Crippen molar-refractivity contribution in [2.24, 2.45) is 0 Å². The van der Waals surface area contributed by atoms with E-state index in [0.29, 0.717) is 34.2 Å². The summed E-state index contributed by atoms with van der Waals surface area (Å²) < 4.78 is 5.11. The number of aryl methyl sites for hydroxylation is 1. The Balaban J connectivity index is 2.13. The maximum Gasteiger partial charge on any atom is 0.164 e. The van der Waals surface area contributed by atoms with Crippen molar-refractivity contribution in [3.8, 4) is 5.75 Å². The normalized spacial score (nSPS) is 10.3. The third kappa shape index (κ3) is 3.53. The Morgan fingerprint density at radius 3 is 2.45 bits per heavy atom. The quantitative estimate of drug-likeness (QED) is 0.740. The maximum absolute atomic E-state index is 12.2. The van der Waals surface area contributed by atoms with Gasteiger partial charge in [0.2, 0.25) is 0 Å². The molecule has 0 saturated heterocycles. The molecule has 2 rings (SSSR count). The number of carbonyl (C=O) groups is 1. The second-order valence-electron chi connectivity index (χ2n) is 4.38. The molecule has 0 aliphatic rings. The van der Waals surface area contributed by atoms with Crippen LogP contribution in [0.4, 0.5) is 0 Å². The van der Waals surface area contributed by atoms with E-state index in [1.165, 1.54) is 13.2 Å². The van der Waals surface area contributed by atoms with E-state index in [4.69, 9.17) is 27.9 Å². The van der Waals surface area contributed by atoms with Crippen LogP contribution in [-0.2, 0) is 6.42 Å². The zero-order valence-corrected chi connectivity index (χ0v) is 12.5. The molecule has 4 heteroatoms. The van der Waals surface area contributed by atoms with Crippen molar-refractivity contribution in [2.45, 2.75) is 12.8 Å². The van der Waals surface area contributed by atoms with E-state index < -0.39 is 0 Å². The molecule has 20 heavy (non-hydrogen) atoms. The Bertz CT molecular complexity index is 609. The Morgan fingerprint density at radius 1 is 1.10 bits per heavy atom. The highest BCUT2D eigenvalue weighted by atomic mass is 35.5. The number of ether oxygens (including phenoxy) is 1. The highest BCUT2D eigenvalue weighted by molar-refractivity contribution is 6.37. The first-order chi connectivity index (χ1) is 9.61. The van der Waals surface area contributed by atoms with E-state index >= 15 is 0 Å². The van der Waals surface area contributed by atoms with E-state index in [1.807, 2.05) is 30.3 Å². The van der Waals surface area contributed by atoms with Crippen LogP contribution in [0.3, 0.4) is 0 Å². The Hall–Kier alpha value is -1.51. The van der Waals surface area contributed by atoms with Gasteiger partial charge in [-0.15, -0.1) is 0 Å². The molecular weight excluding hydrogens is 295 g/mol. The molecule has 2 aromatic rings. The van der Waals surface area contributed by atoms with E-state index in [1.54, 1.807) is 6.07 Å². The van der Waals surface area contributed by atoms with Crippen molar-refractivity contribution in [3.63, 3.8) is 0 Å². The summed E-state index contributed by atoms with van der Waals surface area (Å²) in [5, 5.41) is 0.756. The molecule has 0 aromatic heterocycles.